The van der Waals surface area contributed by atoms with Crippen molar-refractivity contribution < 1.29 is 14.3 Å². The van der Waals surface area contributed by atoms with Gasteiger partial charge in [0.05, 0.1) is 12.2 Å². The molecule has 0 bridgehead atoms. The zero-order valence-corrected chi connectivity index (χ0v) is 12.0. The molecule has 1 aromatic rings. The molecule has 0 N–H and O–H groups in total. The highest BCUT2D eigenvalue weighted by molar-refractivity contribution is 5.79. The number of carbonyl (C=O) groups is 1. The Morgan fingerprint density at radius 1 is 1.42 bits per heavy atom. The molecular weight excluding hydrogens is 240 g/mol. The van der Waals surface area contributed by atoms with Gasteiger partial charge in [0.25, 0.3) is 0 Å². The Balaban J connectivity index is 1.87. The van der Waals surface area contributed by atoms with Crippen LogP contribution in [0.25, 0.3) is 0 Å². The third-order valence-electron chi connectivity index (χ3n) is 3.62. The Morgan fingerprint density at radius 2 is 2.21 bits per heavy atom. The molecule has 3 heteroatoms. The Hall–Kier alpha value is -1.35. The summed E-state index contributed by atoms with van der Waals surface area (Å²) in [4.78, 5) is 11.9. The predicted molar refractivity (Wildman–Crippen MR) is 74.7 cm³/mol. The molecule has 0 atom stereocenters. The lowest BCUT2D eigenvalue weighted by molar-refractivity contribution is -0.124. The Labute approximate surface area is 114 Å². The van der Waals surface area contributed by atoms with E-state index in [0.717, 1.165) is 25.2 Å². The van der Waals surface area contributed by atoms with Gasteiger partial charge >= 0.3 is 0 Å². The van der Waals surface area contributed by atoms with Crippen molar-refractivity contribution in [1.29, 1.82) is 0 Å². The van der Waals surface area contributed by atoms with Gasteiger partial charge in [-0.1, -0.05) is 12.1 Å². The number of hydrogen-bond donors (Lipinski definition) is 0. The molecule has 0 radical (unpaired) electrons. The summed E-state index contributed by atoms with van der Waals surface area (Å²) in [6, 6.07) is 6.23. The van der Waals surface area contributed by atoms with Gasteiger partial charge in [0.1, 0.15) is 11.5 Å². The van der Waals surface area contributed by atoms with Gasteiger partial charge in [0.15, 0.2) is 0 Å². The van der Waals surface area contributed by atoms with Crippen molar-refractivity contribution in [1.82, 2.24) is 0 Å². The Morgan fingerprint density at radius 3 is 2.95 bits per heavy atom. The first kappa shape index (κ1) is 14.1. The largest absolute Gasteiger partial charge is 0.493 e. The average molecular weight is 262 g/mol. The molecule has 2 rings (SSSR count). The number of rotatable bonds is 6. The predicted octanol–water partition coefficient (Wildman–Crippen LogP) is 2.94. The fourth-order valence-electron chi connectivity index (χ4n) is 2.31. The first-order chi connectivity index (χ1) is 9.00. The molecule has 1 aliphatic rings. The normalized spacial score (nSPS) is 14.1. The van der Waals surface area contributed by atoms with Crippen molar-refractivity contribution in [3.8, 4) is 5.75 Å². The van der Waals surface area contributed by atoms with Gasteiger partial charge in [-0.05, 0) is 37.5 Å². The first-order valence-corrected chi connectivity index (χ1v) is 6.82. The van der Waals surface area contributed by atoms with Crippen LogP contribution in [0.4, 0.5) is 0 Å². The van der Waals surface area contributed by atoms with Crippen LogP contribution in [0.3, 0.4) is 0 Å². The van der Waals surface area contributed by atoms with Crippen LogP contribution in [0.1, 0.15) is 37.8 Å². The molecular formula is C16H22O3. The van der Waals surface area contributed by atoms with Crippen LogP contribution in [-0.4, -0.2) is 25.1 Å². The minimum atomic E-state index is -0.358. The van der Waals surface area contributed by atoms with E-state index in [1.165, 1.54) is 11.1 Å². The smallest absolute Gasteiger partial charge is 0.136 e. The van der Waals surface area contributed by atoms with Gasteiger partial charge in [-0.15, -0.1) is 0 Å². The molecule has 0 unspecified atom stereocenters. The summed E-state index contributed by atoms with van der Waals surface area (Å²) in [5, 5.41) is 0. The molecule has 1 aliphatic heterocycles. The molecule has 3 nitrogen and oxygen atoms in total. The zero-order chi connectivity index (χ0) is 13.9. The van der Waals surface area contributed by atoms with Crippen molar-refractivity contribution in [2.45, 2.75) is 45.1 Å². The van der Waals surface area contributed by atoms with Gasteiger partial charge < -0.3 is 9.47 Å². The van der Waals surface area contributed by atoms with Crippen LogP contribution in [0.5, 0.6) is 5.75 Å². The van der Waals surface area contributed by atoms with E-state index >= 15 is 0 Å². The quantitative estimate of drug-likeness (QED) is 0.790. The SMILES string of the molecule is COC(C)(C)CC(=O)CCc1ccc2c(c1)CCO2. The number of carbonyl (C=O) groups excluding carboxylic acids is 1. The highest BCUT2D eigenvalue weighted by Crippen LogP contribution is 2.26. The van der Waals surface area contributed by atoms with Crippen molar-refractivity contribution in [3.05, 3.63) is 29.3 Å². The second-order valence-corrected chi connectivity index (χ2v) is 5.72. The molecule has 0 aliphatic carbocycles. The van der Waals surface area contributed by atoms with Crippen LogP contribution >= 0.6 is 0 Å². The van der Waals surface area contributed by atoms with Gasteiger partial charge in [-0.3, -0.25) is 4.79 Å². The Bertz CT molecular complexity index is 463. The number of benzene rings is 1. The summed E-state index contributed by atoms with van der Waals surface area (Å²) in [6.45, 7) is 4.66. The summed E-state index contributed by atoms with van der Waals surface area (Å²) in [5.41, 5.74) is 2.12. The van der Waals surface area contributed by atoms with Crippen LogP contribution in [-0.2, 0) is 22.4 Å². The second kappa shape index (κ2) is 5.74. The van der Waals surface area contributed by atoms with E-state index in [-0.39, 0.29) is 11.4 Å². The van der Waals surface area contributed by atoms with E-state index in [0.29, 0.717) is 12.8 Å². The molecule has 104 valence electrons. The third kappa shape index (κ3) is 3.80. The lowest BCUT2D eigenvalue weighted by Gasteiger charge is -2.21. The lowest BCUT2D eigenvalue weighted by atomic mass is 9.97. The van der Waals surface area contributed by atoms with Crippen molar-refractivity contribution in [2.24, 2.45) is 0 Å². The highest BCUT2D eigenvalue weighted by atomic mass is 16.5. The molecule has 0 fully saturated rings. The molecule has 0 saturated heterocycles. The van der Waals surface area contributed by atoms with Gasteiger partial charge in [0, 0.05) is 26.4 Å². The van der Waals surface area contributed by atoms with Crippen LogP contribution < -0.4 is 4.74 Å². The number of fused-ring (bicyclic) bond motifs is 1. The lowest BCUT2D eigenvalue weighted by Crippen LogP contribution is -2.26. The maximum atomic E-state index is 11.9. The van der Waals surface area contributed by atoms with Gasteiger partial charge in [-0.2, -0.15) is 0 Å². The summed E-state index contributed by atoms with van der Waals surface area (Å²) < 4.78 is 10.8. The molecule has 19 heavy (non-hydrogen) atoms. The monoisotopic (exact) mass is 262 g/mol. The van der Waals surface area contributed by atoms with Crippen LogP contribution in [0.2, 0.25) is 0 Å². The van der Waals surface area contributed by atoms with Crippen LogP contribution in [0, 0.1) is 0 Å². The Kier molecular flexibility index (Phi) is 4.25. The molecule has 0 amide bonds. The van der Waals surface area contributed by atoms with E-state index in [1.807, 2.05) is 19.9 Å². The maximum Gasteiger partial charge on any atom is 0.136 e. The fourth-order valence-corrected chi connectivity index (χ4v) is 2.31. The number of ketones is 1. The summed E-state index contributed by atoms with van der Waals surface area (Å²) in [5.74, 6) is 1.25. The molecule has 0 aromatic heterocycles. The summed E-state index contributed by atoms with van der Waals surface area (Å²) >= 11 is 0. The standard InChI is InChI=1S/C16H22O3/c1-16(2,18-3)11-14(17)6-4-12-5-7-15-13(10-12)8-9-19-15/h5,7,10H,4,6,8-9,11H2,1-3H3. The fraction of sp³-hybridized carbons (Fsp3) is 0.562. The first-order valence-electron chi connectivity index (χ1n) is 6.82. The number of hydrogen-bond acceptors (Lipinski definition) is 3. The maximum absolute atomic E-state index is 11.9. The summed E-state index contributed by atoms with van der Waals surface area (Å²) in [7, 11) is 1.65. The van der Waals surface area contributed by atoms with Crippen molar-refractivity contribution in [3.63, 3.8) is 0 Å². The van der Waals surface area contributed by atoms with E-state index in [4.69, 9.17) is 9.47 Å². The van der Waals surface area contributed by atoms with E-state index in [9.17, 15) is 4.79 Å². The van der Waals surface area contributed by atoms with E-state index in [1.54, 1.807) is 7.11 Å². The topological polar surface area (TPSA) is 35.5 Å². The molecule has 1 heterocycles. The zero-order valence-electron chi connectivity index (χ0n) is 12.0. The van der Waals surface area contributed by atoms with Crippen molar-refractivity contribution >= 4 is 5.78 Å². The van der Waals surface area contributed by atoms with E-state index < -0.39 is 0 Å². The average Bonchev–Trinajstić information content (AvgIpc) is 2.83. The highest BCUT2D eigenvalue weighted by Gasteiger charge is 2.20. The number of methoxy groups -OCH3 is 1. The minimum absolute atomic E-state index is 0.253. The number of Topliss-reactive ketones (excluding diaryl/α,β-unsaturated/α-hetero) is 1. The molecule has 1 aromatic carbocycles. The summed E-state index contributed by atoms with van der Waals surface area (Å²) in [6.07, 6.45) is 2.82. The van der Waals surface area contributed by atoms with Crippen molar-refractivity contribution in [2.75, 3.05) is 13.7 Å². The van der Waals surface area contributed by atoms with E-state index in [2.05, 4.69) is 12.1 Å². The van der Waals surface area contributed by atoms with Gasteiger partial charge in [-0.25, -0.2) is 0 Å². The van der Waals surface area contributed by atoms with Crippen LogP contribution in [0.15, 0.2) is 18.2 Å². The second-order valence-electron chi connectivity index (χ2n) is 5.72. The molecule has 0 spiro atoms. The number of ether oxygens (including phenoxy) is 2. The number of aryl methyl sites for hydroxylation is 1. The third-order valence-corrected chi connectivity index (χ3v) is 3.62. The molecule has 0 saturated carbocycles. The minimum Gasteiger partial charge on any atom is -0.493 e. The van der Waals surface area contributed by atoms with Gasteiger partial charge in [0.2, 0.25) is 0 Å².